The minimum atomic E-state index is -0.266. The molecule has 0 aliphatic heterocycles. The SMILES string of the molecule is CCC(=O)NC1=C(Cc2cccc(F)c2)c2cc(CO)ccc2CC1. The van der Waals surface area contributed by atoms with Crippen LogP contribution in [0.1, 0.15) is 42.0 Å². The number of benzene rings is 2. The first-order chi connectivity index (χ1) is 12.1. The van der Waals surface area contributed by atoms with Crippen LogP contribution in [0.2, 0.25) is 0 Å². The second-order valence-corrected chi connectivity index (χ2v) is 6.32. The van der Waals surface area contributed by atoms with Gasteiger partial charge in [0.25, 0.3) is 0 Å². The van der Waals surface area contributed by atoms with E-state index in [9.17, 15) is 14.3 Å². The van der Waals surface area contributed by atoms with Gasteiger partial charge >= 0.3 is 0 Å². The van der Waals surface area contributed by atoms with Crippen LogP contribution in [-0.2, 0) is 24.2 Å². The fourth-order valence-corrected chi connectivity index (χ4v) is 3.24. The number of nitrogens with one attached hydrogen (secondary N) is 1. The second-order valence-electron chi connectivity index (χ2n) is 6.32. The van der Waals surface area contributed by atoms with E-state index in [2.05, 4.69) is 5.32 Å². The highest BCUT2D eigenvalue weighted by atomic mass is 19.1. The summed E-state index contributed by atoms with van der Waals surface area (Å²) in [6.45, 7) is 1.79. The number of rotatable bonds is 5. The molecule has 0 aromatic heterocycles. The first-order valence-corrected chi connectivity index (χ1v) is 8.60. The lowest BCUT2D eigenvalue weighted by molar-refractivity contribution is -0.120. The Morgan fingerprint density at radius 3 is 2.72 bits per heavy atom. The number of aryl methyl sites for hydroxylation is 1. The number of hydrogen-bond acceptors (Lipinski definition) is 2. The smallest absolute Gasteiger partial charge is 0.223 e. The minimum absolute atomic E-state index is 0.0199. The molecule has 3 rings (SSSR count). The van der Waals surface area contributed by atoms with E-state index in [1.165, 1.54) is 17.7 Å². The first kappa shape index (κ1) is 17.4. The molecule has 2 aromatic rings. The molecule has 4 heteroatoms. The highest BCUT2D eigenvalue weighted by Gasteiger charge is 2.21. The van der Waals surface area contributed by atoms with Crippen molar-refractivity contribution in [3.63, 3.8) is 0 Å². The standard InChI is InChI=1S/C21H22FNO2/c1-2-21(25)23-20-9-8-16-7-6-15(13-24)12-18(16)19(20)11-14-4-3-5-17(22)10-14/h3-7,10,12,24H,2,8-9,11,13H2,1H3,(H,23,25). The summed E-state index contributed by atoms with van der Waals surface area (Å²) in [5.41, 5.74) is 5.83. The van der Waals surface area contributed by atoms with Crippen molar-refractivity contribution < 1.29 is 14.3 Å². The Balaban J connectivity index is 2.06. The zero-order valence-electron chi connectivity index (χ0n) is 14.3. The zero-order chi connectivity index (χ0) is 17.8. The molecular weight excluding hydrogens is 317 g/mol. The highest BCUT2D eigenvalue weighted by molar-refractivity contribution is 5.83. The minimum Gasteiger partial charge on any atom is -0.392 e. The Bertz CT molecular complexity index is 826. The maximum absolute atomic E-state index is 13.6. The molecule has 130 valence electrons. The Morgan fingerprint density at radius 2 is 2.00 bits per heavy atom. The number of halogens is 1. The van der Waals surface area contributed by atoms with Gasteiger partial charge in [-0.1, -0.05) is 31.2 Å². The predicted molar refractivity (Wildman–Crippen MR) is 96.1 cm³/mol. The Labute approximate surface area is 147 Å². The van der Waals surface area contributed by atoms with Crippen molar-refractivity contribution in [2.45, 2.75) is 39.2 Å². The van der Waals surface area contributed by atoms with E-state index in [-0.39, 0.29) is 18.3 Å². The summed E-state index contributed by atoms with van der Waals surface area (Å²) in [5, 5.41) is 12.5. The molecule has 1 aliphatic carbocycles. The average Bonchev–Trinajstić information content (AvgIpc) is 2.63. The van der Waals surface area contributed by atoms with Crippen molar-refractivity contribution in [2.75, 3.05) is 0 Å². The molecule has 0 unspecified atom stereocenters. The molecule has 3 nitrogen and oxygen atoms in total. The molecule has 25 heavy (non-hydrogen) atoms. The predicted octanol–water partition coefficient (Wildman–Crippen LogP) is 3.74. The van der Waals surface area contributed by atoms with Crippen LogP contribution in [0.5, 0.6) is 0 Å². The largest absolute Gasteiger partial charge is 0.392 e. The summed E-state index contributed by atoms with van der Waals surface area (Å²) in [4.78, 5) is 11.9. The van der Waals surface area contributed by atoms with Gasteiger partial charge in [-0.25, -0.2) is 4.39 Å². The Kier molecular flexibility index (Phi) is 5.29. The quantitative estimate of drug-likeness (QED) is 0.872. The molecule has 0 saturated heterocycles. The van der Waals surface area contributed by atoms with Gasteiger partial charge in [0.05, 0.1) is 6.61 Å². The molecule has 2 N–H and O–H groups in total. The van der Waals surface area contributed by atoms with Crippen LogP contribution in [-0.4, -0.2) is 11.0 Å². The van der Waals surface area contributed by atoms with Crippen molar-refractivity contribution in [3.05, 3.63) is 76.2 Å². The van der Waals surface area contributed by atoms with E-state index in [4.69, 9.17) is 0 Å². The van der Waals surface area contributed by atoms with Gasteiger partial charge < -0.3 is 10.4 Å². The molecule has 0 spiro atoms. The number of hydrogen-bond donors (Lipinski definition) is 2. The second kappa shape index (κ2) is 7.62. The maximum atomic E-state index is 13.6. The number of allylic oxidation sites excluding steroid dienone is 2. The normalized spacial score (nSPS) is 13.6. The zero-order valence-corrected chi connectivity index (χ0v) is 14.3. The van der Waals surface area contributed by atoms with Gasteiger partial charge in [0.15, 0.2) is 0 Å². The molecule has 0 fully saturated rings. The van der Waals surface area contributed by atoms with Crippen molar-refractivity contribution in [1.29, 1.82) is 0 Å². The lowest BCUT2D eigenvalue weighted by Gasteiger charge is -2.25. The fraction of sp³-hybridized carbons (Fsp3) is 0.286. The third-order valence-corrected chi connectivity index (χ3v) is 4.57. The maximum Gasteiger partial charge on any atom is 0.223 e. The molecule has 2 aromatic carbocycles. The monoisotopic (exact) mass is 339 g/mol. The van der Waals surface area contributed by atoms with Gasteiger partial charge in [-0.2, -0.15) is 0 Å². The van der Waals surface area contributed by atoms with Gasteiger partial charge in [0.2, 0.25) is 5.91 Å². The van der Waals surface area contributed by atoms with Crippen molar-refractivity contribution in [2.24, 2.45) is 0 Å². The molecular formula is C21H22FNO2. The van der Waals surface area contributed by atoms with E-state index in [0.29, 0.717) is 12.8 Å². The van der Waals surface area contributed by atoms with Crippen LogP contribution in [0.15, 0.2) is 48.2 Å². The van der Waals surface area contributed by atoms with Crippen molar-refractivity contribution in [1.82, 2.24) is 5.32 Å². The van der Waals surface area contributed by atoms with Crippen molar-refractivity contribution >= 4 is 11.5 Å². The highest BCUT2D eigenvalue weighted by Crippen LogP contribution is 2.33. The summed E-state index contributed by atoms with van der Waals surface area (Å²) in [7, 11) is 0. The van der Waals surface area contributed by atoms with Gasteiger partial charge in [-0.15, -0.1) is 0 Å². The van der Waals surface area contributed by atoms with E-state index < -0.39 is 0 Å². The summed E-state index contributed by atoms with van der Waals surface area (Å²) in [6, 6.07) is 12.5. The fourth-order valence-electron chi connectivity index (χ4n) is 3.24. The van der Waals surface area contributed by atoms with Crippen LogP contribution in [0.4, 0.5) is 4.39 Å². The van der Waals surface area contributed by atoms with E-state index in [1.807, 2.05) is 31.2 Å². The molecule has 0 bridgehead atoms. The van der Waals surface area contributed by atoms with Crippen molar-refractivity contribution in [3.8, 4) is 0 Å². The summed E-state index contributed by atoms with van der Waals surface area (Å²) >= 11 is 0. The van der Waals surface area contributed by atoms with Crippen LogP contribution < -0.4 is 5.32 Å². The Morgan fingerprint density at radius 1 is 1.16 bits per heavy atom. The summed E-state index contributed by atoms with van der Waals surface area (Å²) in [5.74, 6) is -0.286. The van der Waals surface area contributed by atoms with Crippen LogP contribution >= 0.6 is 0 Å². The molecule has 1 aliphatic rings. The topological polar surface area (TPSA) is 49.3 Å². The number of amides is 1. The lowest BCUT2D eigenvalue weighted by Crippen LogP contribution is -2.25. The first-order valence-electron chi connectivity index (χ1n) is 8.60. The van der Waals surface area contributed by atoms with E-state index in [0.717, 1.165) is 40.8 Å². The van der Waals surface area contributed by atoms with Crippen LogP contribution in [0.25, 0.3) is 5.57 Å². The van der Waals surface area contributed by atoms with Gasteiger partial charge in [-0.05, 0) is 65.3 Å². The number of fused-ring (bicyclic) bond motifs is 1. The van der Waals surface area contributed by atoms with E-state index >= 15 is 0 Å². The third kappa shape index (κ3) is 3.97. The van der Waals surface area contributed by atoms with Crippen LogP contribution in [0, 0.1) is 5.82 Å². The van der Waals surface area contributed by atoms with Gasteiger partial charge in [0, 0.05) is 12.1 Å². The number of aliphatic hydroxyl groups excluding tert-OH is 1. The molecule has 0 atom stereocenters. The average molecular weight is 339 g/mol. The van der Waals surface area contributed by atoms with Gasteiger partial charge in [-0.3, -0.25) is 4.79 Å². The summed E-state index contributed by atoms with van der Waals surface area (Å²) in [6.07, 6.45) is 2.55. The molecule has 0 radical (unpaired) electrons. The summed E-state index contributed by atoms with van der Waals surface area (Å²) < 4.78 is 13.6. The molecule has 0 saturated carbocycles. The number of carbonyl (C=O) groups is 1. The van der Waals surface area contributed by atoms with Crippen LogP contribution in [0.3, 0.4) is 0 Å². The Hall–Kier alpha value is -2.46. The number of carbonyl (C=O) groups excluding carboxylic acids is 1. The number of aliphatic hydroxyl groups is 1. The van der Waals surface area contributed by atoms with Gasteiger partial charge in [0.1, 0.15) is 5.82 Å². The molecule has 0 heterocycles. The third-order valence-electron chi connectivity index (χ3n) is 4.57. The lowest BCUT2D eigenvalue weighted by atomic mass is 9.84. The molecule has 1 amide bonds. The van der Waals surface area contributed by atoms with E-state index in [1.54, 1.807) is 6.07 Å².